The van der Waals surface area contributed by atoms with Crippen molar-refractivity contribution >= 4 is 26.7 Å². The molecule has 1 atom stereocenters. The highest BCUT2D eigenvalue weighted by atomic mass is 32.2. The maximum atomic E-state index is 12.6. The van der Waals surface area contributed by atoms with E-state index >= 15 is 0 Å². The van der Waals surface area contributed by atoms with Crippen LogP contribution in [0.3, 0.4) is 0 Å². The summed E-state index contributed by atoms with van der Waals surface area (Å²) in [6.45, 7) is 3.62. The molecule has 0 bridgehead atoms. The summed E-state index contributed by atoms with van der Waals surface area (Å²) in [5, 5.41) is 9.74. The molecule has 0 amide bonds. The molecule has 0 aliphatic carbocycles. The number of ether oxygens (including phenoxy) is 3. The molecule has 0 saturated carbocycles. The van der Waals surface area contributed by atoms with Gasteiger partial charge < -0.3 is 14.2 Å². The van der Waals surface area contributed by atoms with Gasteiger partial charge in [0, 0.05) is 18.1 Å². The second-order valence-corrected chi connectivity index (χ2v) is 8.87. The Morgan fingerprint density at radius 1 is 1.16 bits per heavy atom. The van der Waals surface area contributed by atoms with Gasteiger partial charge in [0.1, 0.15) is 24.3 Å². The van der Waals surface area contributed by atoms with Crippen molar-refractivity contribution in [2.24, 2.45) is 0 Å². The van der Waals surface area contributed by atoms with E-state index < -0.39 is 16.1 Å². The van der Waals surface area contributed by atoms with Crippen molar-refractivity contribution < 1.29 is 22.6 Å². The molecule has 1 aromatic heterocycles. The third kappa shape index (κ3) is 6.48. The third-order valence-corrected chi connectivity index (χ3v) is 6.30. The van der Waals surface area contributed by atoms with E-state index in [0.717, 1.165) is 17.1 Å². The normalized spacial score (nSPS) is 12.1. The van der Waals surface area contributed by atoms with Crippen molar-refractivity contribution in [1.29, 1.82) is 5.26 Å². The lowest BCUT2D eigenvalue weighted by atomic mass is 10.1. The first-order valence-electron chi connectivity index (χ1n) is 9.74. The predicted molar refractivity (Wildman–Crippen MR) is 119 cm³/mol. The molecule has 0 spiro atoms. The minimum atomic E-state index is -3.92. The highest BCUT2D eigenvalue weighted by molar-refractivity contribution is 7.93. The van der Waals surface area contributed by atoms with E-state index in [1.165, 1.54) is 24.5 Å². The predicted octanol–water partition coefficient (Wildman–Crippen LogP) is 3.38. The molecule has 168 valence electrons. The molecule has 0 aliphatic rings. The van der Waals surface area contributed by atoms with Gasteiger partial charge in [-0.15, -0.1) is 0 Å². The number of anilines is 1. The van der Waals surface area contributed by atoms with E-state index in [1.54, 1.807) is 0 Å². The summed E-state index contributed by atoms with van der Waals surface area (Å²) >= 11 is 0.912. The zero-order chi connectivity index (χ0) is 22.8. The molecule has 1 unspecified atom stereocenters. The number of nitriles is 1. The van der Waals surface area contributed by atoms with E-state index in [9.17, 15) is 13.7 Å². The van der Waals surface area contributed by atoms with Crippen molar-refractivity contribution in [3.05, 3.63) is 66.0 Å². The SMILES string of the molecule is CCOCCOCC(Oc1ccc(S(=O)(=O)Nc2ncns2)cc1C#N)c1ccccc1. The largest absolute Gasteiger partial charge is 0.482 e. The van der Waals surface area contributed by atoms with Gasteiger partial charge in [-0.05, 0) is 30.7 Å². The van der Waals surface area contributed by atoms with Crippen LogP contribution in [0.25, 0.3) is 0 Å². The third-order valence-electron chi connectivity index (χ3n) is 4.25. The van der Waals surface area contributed by atoms with Crippen LogP contribution in [0.5, 0.6) is 5.75 Å². The molecule has 0 radical (unpaired) electrons. The second-order valence-electron chi connectivity index (χ2n) is 6.41. The van der Waals surface area contributed by atoms with E-state index in [4.69, 9.17) is 14.2 Å². The Morgan fingerprint density at radius 2 is 1.94 bits per heavy atom. The summed E-state index contributed by atoms with van der Waals surface area (Å²) in [7, 11) is -3.92. The number of sulfonamides is 1. The highest BCUT2D eigenvalue weighted by Gasteiger charge is 2.21. The van der Waals surface area contributed by atoms with Gasteiger partial charge in [0.05, 0.1) is 30.3 Å². The lowest BCUT2D eigenvalue weighted by molar-refractivity contribution is 0.0135. The fourth-order valence-corrected chi connectivity index (χ4v) is 4.42. The Kier molecular flexibility index (Phi) is 8.52. The van der Waals surface area contributed by atoms with E-state index in [1.807, 2.05) is 43.3 Å². The topological polar surface area (TPSA) is 123 Å². The smallest absolute Gasteiger partial charge is 0.263 e. The van der Waals surface area contributed by atoms with Crippen LogP contribution in [0.4, 0.5) is 5.13 Å². The fraction of sp³-hybridized carbons (Fsp3) is 0.286. The Labute approximate surface area is 190 Å². The standard InChI is InChI=1S/C21H22N4O5S2/c1-2-28-10-11-29-14-20(16-6-4-3-5-7-16)30-19-9-8-18(12-17(19)13-22)32(26,27)25-21-23-15-24-31-21/h3-9,12,15,20H,2,10-11,14H2,1H3,(H,23,24,25). The molecule has 0 fully saturated rings. The Bertz CT molecular complexity index is 1130. The summed E-state index contributed by atoms with van der Waals surface area (Å²) in [5.74, 6) is 0.254. The van der Waals surface area contributed by atoms with E-state index in [0.29, 0.717) is 19.8 Å². The zero-order valence-electron chi connectivity index (χ0n) is 17.3. The van der Waals surface area contributed by atoms with Crippen LogP contribution in [0.2, 0.25) is 0 Å². The molecule has 9 nitrogen and oxygen atoms in total. The van der Waals surface area contributed by atoms with Gasteiger partial charge in [-0.1, -0.05) is 30.3 Å². The lowest BCUT2D eigenvalue weighted by Gasteiger charge is -2.21. The average molecular weight is 475 g/mol. The highest BCUT2D eigenvalue weighted by Crippen LogP contribution is 2.28. The Hall–Kier alpha value is -3.04. The minimum Gasteiger partial charge on any atom is -0.482 e. The number of nitrogens with zero attached hydrogens (tertiary/aromatic N) is 3. The number of benzene rings is 2. The number of aromatic nitrogens is 2. The minimum absolute atomic E-state index is 0.0826. The van der Waals surface area contributed by atoms with Gasteiger partial charge in [0.2, 0.25) is 5.13 Å². The molecule has 2 aromatic carbocycles. The summed E-state index contributed by atoms with van der Waals surface area (Å²) in [4.78, 5) is 3.73. The maximum absolute atomic E-state index is 12.6. The molecule has 32 heavy (non-hydrogen) atoms. The lowest BCUT2D eigenvalue weighted by Crippen LogP contribution is -2.17. The number of rotatable bonds is 12. The Morgan fingerprint density at radius 3 is 2.62 bits per heavy atom. The molecular formula is C21H22N4O5S2. The van der Waals surface area contributed by atoms with Crippen LogP contribution in [0.15, 0.2) is 59.8 Å². The zero-order valence-corrected chi connectivity index (χ0v) is 18.9. The summed E-state index contributed by atoms with van der Waals surface area (Å²) in [5.41, 5.74) is 0.947. The molecule has 3 rings (SSSR count). The van der Waals surface area contributed by atoms with E-state index in [-0.39, 0.29) is 27.9 Å². The molecule has 0 saturated heterocycles. The van der Waals surface area contributed by atoms with Crippen LogP contribution in [-0.2, 0) is 19.5 Å². The van der Waals surface area contributed by atoms with Gasteiger partial charge in [0.25, 0.3) is 10.0 Å². The molecule has 0 aliphatic heterocycles. The van der Waals surface area contributed by atoms with Gasteiger partial charge in [-0.3, -0.25) is 4.72 Å². The van der Waals surface area contributed by atoms with E-state index in [2.05, 4.69) is 14.1 Å². The number of hydrogen-bond donors (Lipinski definition) is 1. The van der Waals surface area contributed by atoms with Crippen LogP contribution < -0.4 is 9.46 Å². The second kappa shape index (κ2) is 11.5. The van der Waals surface area contributed by atoms with Crippen LogP contribution in [-0.4, -0.2) is 44.2 Å². The number of nitrogens with one attached hydrogen (secondary N) is 1. The van der Waals surface area contributed by atoms with Gasteiger partial charge in [-0.25, -0.2) is 13.4 Å². The molecule has 11 heteroatoms. The van der Waals surface area contributed by atoms with Crippen molar-refractivity contribution in [1.82, 2.24) is 9.36 Å². The monoisotopic (exact) mass is 474 g/mol. The van der Waals surface area contributed by atoms with Gasteiger partial charge >= 0.3 is 0 Å². The van der Waals surface area contributed by atoms with Gasteiger partial charge in [-0.2, -0.15) is 9.64 Å². The molecule has 1 heterocycles. The fourth-order valence-electron chi connectivity index (χ4n) is 2.73. The summed E-state index contributed by atoms with van der Waals surface area (Å²) < 4.78 is 48.3. The maximum Gasteiger partial charge on any atom is 0.263 e. The van der Waals surface area contributed by atoms with Crippen molar-refractivity contribution in [3.8, 4) is 11.8 Å². The number of hydrogen-bond acceptors (Lipinski definition) is 9. The first kappa shape index (κ1) is 23.6. The summed E-state index contributed by atoms with van der Waals surface area (Å²) in [6.07, 6.45) is 0.757. The van der Waals surface area contributed by atoms with Crippen molar-refractivity contribution in [2.45, 2.75) is 17.9 Å². The summed E-state index contributed by atoms with van der Waals surface area (Å²) in [6, 6.07) is 15.5. The molecule has 1 N–H and O–H groups in total. The van der Waals surface area contributed by atoms with Crippen LogP contribution in [0.1, 0.15) is 24.2 Å². The van der Waals surface area contributed by atoms with Crippen molar-refractivity contribution in [3.63, 3.8) is 0 Å². The van der Waals surface area contributed by atoms with Crippen molar-refractivity contribution in [2.75, 3.05) is 31.1 Å². The first-order valence-corrected chi connectivity index (χ1v) is 12.0. The Balaban J connectivity index is 1.79. The molecule has 3 aromatic rings. The average Bonchev–Trinajstić information content (AvgIpc) is 3.31. The van der Waals surface area contributed by atoms with Crippen LogP contribution in [0, 0.1) is 11.3 Å². The van der Waals surface area contributed by atoms with Crippen LogP contribution >= 0.6 is 11.5 Å². The molecular weight excluding hydrogens is 452 g/mol. The first-order chi connectivity index (χ1) is 15.5. The van der Waals surface area contributed by atoms with Gasteiger partial charge in [0.15, 0.2) is 0 Å². The quantitative estimate of drug-likeness (QED) is 0.396.